The number of aliphatic hydroxyl groups is 4. The fraction of sp³-hybridized carbons (Fsp3) is 0.846. The topological polar surface area (TPSA) is 121 Å². The Hall–Kier alpha value is -1.06. The second-order valence-electron chi connectivity index (χ2n) is 5.78. The molecule has 2 rings (SSSR count). The Balaban J connectivity index is 1.94. The molecule has 1 fully saturated rings. The zero-order chi connectivity index (χ0) is 15.6. The number of ether oxygens (including phenoxy) is 1. The highest BCUT2D eigenvalue weighted by atomic mass is 16.5. The highest BCUT2D eigenvalue weighted by Crippen LogP contribution is 2.28. The van der Waals surface area contributed by atoms with Crippen molar-refractivity contribution in [3.63, 3.8) is 0 Å². The summed E-state index contributed by atoms with van der Waals surface area (Å²) in [7, 11) is 0. The van der Waals surface area contributed by atoms with Gasteiger partial charge in [-0.25, -0.2) is 4.68 Å². The molecule has 0 spiro atoms. The molecule has 8 heteroatoms. The molecule has 0 bridgehead atoms. The Bertz CT molecular complexity index is 451. The van der Waals surface area contributed by atoms with Crippen molar-refractivity contribution >= 4 is 0 Å². The van der Waals surface area contributed by atoms with Gasteiger partial charge in [-0.05, 0) is 20.3 Å². The van der Waals surface area contributed by atoms with Crippen LogP contribution in [0.2, 0.25) is 0 Å². The van der Waals surface area contributed by atoms with Gasteiger partial charge in [0.25, 0.3) is 0 Å². The molecule has 8 nitrogen and oxygen atoms in total. The first-order chi connectivity index (χ1) is 9.93. The van der Waals surface area contributed by atoms with E-state index in [4.69, 9.17) is 4.74 Å². The zero-order valence-electron chi connectivity index (χ0n) is 12.2. The van der Waals surface area contributed by atoms with E-state index >= 15 is 0 Å². The van der Waals surface area contributed by atoms with Crippen molar-refractivity contribution in [1.82, 2.24) is 15.0 Å². The molecule has 1 saturated carbocycles. The van der Waals surface area contributed by atoms with E-state index in [0.717, 1.165) is 0 Å². The third kappa shape index (κ3) is 3.58. The van der Waals surface area contributed by atoms with Crippen LogP contribution in [0.4, 0.5) is 0 Å². The second kappa shape index (κ2) is 6.80. The first-order valence-electron chi connectivity index (χ1n) is 7.11. The minimum absolute atomic E-state index is 0.148. The van der Waals surface area contributed by atoms with Crippen molar-refractivity contribution in [2.75, 3.05) is 6.61 Å². The summed E-state index contributed by atoms with van der Waals surface area (Å²) in [6.07, 6.45) is -2.30. The van der Waals surface area contributed by atoms with Gasteiger partial charge in [0.15, 0.2) is 0 Å². The van der Waals surface area contributed by atoms with E-state index in [1.54, 1.807) is 10.9 Å². The lowest BCUT2D eigenvalue weighted by Gasteiger charge is -2.39. The Morgan fingerprint density at radius 2 is 2.00 bits per heavy atom. The third-order valence-corrected chi connectivity index (χ3v) is 3.87. The van der Waals surface area contributed by atoms with E-state index in [2.05, 4.69) is 10.3 Å². The first kappa shape index (κ1) is 16.3. The van der Waals surface area contributed by atoms with Crippen LogP contribution in [0.5, 0.6) is 0 Å². The van der Waals surface area contributed by atoms with Crippen LogP contribution in [-0.4, -0.2) is 66.4 Å². The number of hydrogen-bond donors (Lipinski definition) is 4. The Labute approximate surface area is 123 Å². The van der Waals surface area contributed by atoms with Gasteiger partial charge < -0.3 is 25.2 Å². The summed E-state index contributed by atoms with van der Waals surface area (Å²) >= 11 is 0. The first-order valence-corrected chi connectivity index (χ1v) is 7.11. The summed E-state index contributed by atoms with van der Waals surface area (Å²) in [5.74, 6) is -0.514. The van der Waals surface area contributed by atoms with Gasteiger partial charge in [0.1, 0.15) is 17.9 Å². The molecule has 21 heavy (non-hydrogen) atoms. The van der Waals surface area contributed by atoms with Crippen LogP contribution in [-0.2, 0) is 11.3 Å². The van der Waals surface area contributed by atoms with Crippen molar-refractivity contribution in [2.24, 2.45) is 5.92 Å². The van der Waals surface area contributed by atoms with E-state index in [-0.39, 0.29) is 25.7 Å². The zero-order valence-corrected chi connectivity index (χ0v) is 12.2. The summed E-state index contributed by atoms with van der Waals surface area (Å²) in [6.45, 7) is 3.84. The highest BCUT2D eigenvalue weighted by molar-refractivity contribution is 4.95. The van der Waals surface area contributed by atoms with Crippen molar-refractivity contribution in [2.45, 2.75) is 57.3 Å². The van der Waals surface area contributed by atoms with E-state index in [9.17, 15) is 20.4 Å². The van der Waals surface area contributed by atoms with Gasteiger partial charge in [-0.15, -0.1) is 5.10 Å². The molecule has 1 aromatic heterocycles. The molecule has 5 atom stereocenters. The van der Waals surface area contributed by atoms with Gasteiger partial charge in [-0.1, -0.05) is 5.21 Å². The molecule has 0 amide bonds. The number of rotatable bonds is 5. The van der Waals surface area contributed by atoms with Gasteiger partial charge in [-0.2, -0.15) is 0 Å². The minimum atomic E-state index is -1.33. The molecular formula is C13H23N3O5. The number of hydrogen-bond acceptors (Lipinski definition) is 7. The summed E-state index contributed by atoms with van der Waals surface area (Å²) in [4.78, 5) is 0. The molecule has 0 saturated heterocycles. The average molecular weight is 301 g/mol. The van der Waals surface area contributed by atoms with E-state index < -0.39 is 30.3 Å². The third-order valence-electron chi connectivity index (χ3n) is 3.87. The molecule has 0 aliphatic heterocycles. The largest absolute Gasteiger partial charge is 0.396 e. The summed E-state index contributed by atoms with van der Waals surface area (Å²) < 4.78 is 7.28. The molecule has 120 valence electrons. The standard InChI is InChI=1S/C13H23N3O5/c1-7(2)16-4-9(14-15-16)6-21-10-3-8(5-17)11(18)13(20)12(10)19/h4,7-8,10-13,17-20H,3,5-6H2,1-2H3/t8-,10-,11+,12+,13+/m1/s1. The van der Waals surface area contributed by atoms with E-state index in [1.807, 2.05) is 13.8 Å². The molecule has 0 unspecified atom stereocenters. The lowest BCUT2D eigenvalue weighted by Crippen LogP contribution is -2.55. The maximum atomic E-state index is 9.93. The predicted octanol–water partition coefficient (Wildman–Crippen LogP) is -1.16. The molecule has 1 aliphatic rings. The smallest absolute Gasteiger partial charge is 0.109 e. The van der Waals surface area contributed by atoms with Gasteiger partial charge in [0, 0.05) is 18.6 Å². The second-order valence-corrected chi connectivity index (χ2v) is 5.78. The van der Waals surface area contributed by atoms with Crippen LogP contribution in [0.25, 0.3) is 0 Å². The van der Waals surface area contributed by atoms with Gasteiger partial charge in [0.05, 0.1) is 25.0 Å². The fourth-order valence-corrected chi connectivity index (χ4v) is 2.45. The van der Waals surface area contributed by atoms with Crippen molar-refractivity contribution in [3.05, 3.63) is 11.9 Å². The van der Waals surface area contributed by atoms with E-state index in [1.165, 1.54) is 0 Å². The fourth-order valence-electron chi connectivity index (χ4n) is 2.45. The van der Waals surface area contributed by atoms with Crippen LogP contribution in [0, 0.1) is 5.92 Å². The van der Waals surface area contributed by atoms with Crippen LogP contribution < -0.4 is 0 Å². The summed E-state index contributed by atoms with van der Waals surface area (Å²) in [6, 6.07) is 0.197. The van der Waals surface area contributed by atoms with Crippen LogP contribution in [0.15, 0.2) is 6.20 Å². The maximum absolute atomic E-state index is 9.93. The molecule has 0 radical (unpaired) electrons. The molecule has 1 heterocycles. The normalized spacial score (nSPS) is 33.6. The lowest BCUT2D eigenvalue weighted by atomic mass is 9.81. The SMILES string of the molecule is CC(C)n1cc(CO[C@@H]2C[C@H](CO)[C@H](O)[C@H](O)[C@H]2O)nn1. The van der Waals surface area contributed by atoms with Gasteiger partial charge >= 0.3 is 0 Å². The maximum Gasteiger partial charge on any atom is 0.109 e. The highest BCUT2D eigenvalue weighted by Gasteiger charge is 2.42. The van der Waals surface area contributed by atoms with E-state index in [0.29, 0.717) is 5.69 Å². The van der Waals surface area contributed by atoms with Crippen LogP contribution in [0.1, 0.15) is 32.0 Å². The predicted molar refractivity (Wildman–Crippen MR) is 72.2 cm³/mol. The van der Waals surface area contributed by atoms with Gasteiger partial charge in [0.2, 0.25) is 0 Å². The minimum Gasteiger partial charge on any atom is -0.396 e. The molecule has 4 N–H and O–H groups in total. The number of aromatic nitrogens is 3. The summed E-state index contributed by atoms with van der Waals surface area (Å²) in [5, 5.41) is 46.5. The van der Waals surface area contributed by atoms with Crippen LogP contribution >= 0.6 is 0 Å². The van der Waals surface area contributed by atoms with Gasteiger partial charge in [-0.3, -0.25) is 0 Å². The average Bonchev–Trinajstić information content (AvgIpc) is 2.93. The number of aliphatic hydroxyl groups excluding tert-OH is 4. The van der Waals surface area contributed by atoms with Crippen molar-refractivity contribution in [3.8, 4) is 0 Å². The Morgan fingerprint density at radius 1 is 1.29 bits per heavy atom. The molecule has 1 aromatic rings. The Kier molecular flexibility index (Phi) is 5.28. The quantitative estimate of drug-likeness (QED) is 0.541. The Morgan fingerprint density at radius 3 is 2.57 bits per heavy atom. The molecular weight excluding hydrogens is 278 g/mol. The number of nitrogens with zero attached hydrogens (tertiary/aromatic N) is 3. The lowest BCUT2D eigenvalue weighted by molar-refractivity contribution is -0.181. The van der Waals surface area contributed by atoms with Crippen molar-refractivity contribution < 1.29 is 25.2 Å². The molecule has 1 aliphatic carbocycles. The molecule has 0 aromatic carbocycles. The van der Waals surface area contributed by atoms with Crippen molar-refractivity contribution in [1.29, 1.82) is 0 Å². The monoisotopic (exact) mass is 301 g/mol. The van der Waals surface area contributed by atoms with Crippen LogP contribution in [0.3, 0.4) is 0 Å². The summed E-state index contributed by atoms with van der Waals surface area (Å²) in [5.41, 5.74) is 0.622.